The summed E-state index contributed by atoms with van der Waals surface area (Å²) in [6.07, 6.45) is 0. The van der Waals surface area contributed by atoms with Crippen molar-refractivity contribution in [2.45, 2.75) is 0 Å². The van der Waals surface area contributed by atoms with Gasteiger partial charge in [-0.3, -0.25) is 0 Å². The fraction of sp³-hybridized carbons (Fsp3) is 0. The van der Waals surface area contributed by atoms with Gasteiger partial charge in [-0.15, -0.1) is 0 Å². The van der Waals surface area contributed by atoms with Crippen molar-refractivity contribution in [3.8, 4) is 11.1 Å². The maximum Gasteiger partial charge on any atom is 0.195 e. The zero-order valence-electron chi connectivity index (χ0n) is 8.18. The normalized spacial score (nSPS) is 10.4. The van der Waals surface area contributed by atoms with Gasteiger partial charge in [-0.25, -0.2) is 13.2 Å². The number of hydrogen-bond acceptors (Lipinski definition) is 1. The molecule has 82 valence electrons. The molecule has 0 saturated carbocycles. The van der Waals surface area contributed by atoms with Crippen LogP contribution in [0.5, 0.6) is 0 Å². The number of nitrogen functional groups attached to an aromatic ring is 1. The fourth-order valence-electron chi connectivity index (χ4n) is 1.41. The third-order valence-corrected chi connectivity index (χ3v) is 2.26. The number of hydrogen-bond donors (Lipinski definition) is 1. The molecule has 0 fully saturated rings. The average Bonchev–Trinajstić information content (AvgIpc) is 2.28. The number of rotatable bonds is 1. The molecule has 2 aromatic carbocycles. The van der Waals surface area contributed by atoms with Crippen molar-refractivity contribution in [3.63, 3.8) is 0 Å². The first-order valence-corrected chi connectivity index (χ1v) is 4.59. The molecule has 0 aliphatic carbocycles. The molecule has 0 saturated heterocycles. The second-order valence-electron chi connectivity index (χ2n) is 3.34. The number of nitrogens with two attached hydrogens (primary N) is 1. The minimum atomic E-state index is -1.46. The molecule has 0 heterocycles. The van der Waals surface area contributed by atoms with E-state index in [0.29, 0.717) is 11.3 Å². The third-order valence-electron chi connectivity index (χ3n) is 2.26. The van der Waals surface area contributed by atoms with Crippen LogP contribution in [0.3, 0.4) is 0 Å². The summed E-state index contributed by atoms with van der Waals surface area (Å²) in [7, 11) is 0. The Kier molecular flexibility index (Phi) is 2.56. The molecule has 0 aliphatic heterocycles. The van der Waals surface area contributed by atoms with Gasteiger partial charge in [0.15, 0.2) is 17.5 Å². The molecule has 2 N–H and O–H groups in total. The van der Waals surface area contributed by atoms with E-state index in [1.807, 2.05) is 0 Å². The molecule has 0 unspecified atom stereocenters. The molecule has 0 radical (unpaired) electrons. The topological polar surface area (TPSA) is 26.0 Å². The lowest BCUT2D eigenvalue weighted by molar-refractivity contribution is 0.449. The van der Waals surface area contributed by atoms with Gasteiger partial charge in [0.1, 0.15) is 0 Å². The SMILES string of the molecule is Nc1ccc(-c2ccc(F)c(F)c2F)cc1. The Morgan fingerprint density at radius 3 is 2.00 bits per heavy atom. The van der Waals surface area contributed by atoms with Crippen molar-refractivity contribution >= 4 is 5.69 Å². The van der Waals surface area contributed by atoms with Crippen LogP contribution < -0.4 is 5.73 Å². The highest BCUT2D eigenvalue weighted by molar-refractivity contribution is 5.66. The molecule has 4 heteroatoms. The van der Waals surface area contributed by atoms with E-state index < -0.39 is 17.5 Å². The standard InChI is InChI=1S/C12H8F3N/c13-10-6-5-9(11(14)12(10)15)7-1-3-8(16)4-2-7/h1-6H,16H2. The fourth-order valence-corrected chi connectivity index (χ4v) is 1.41. The lowest BCUT2D eigenvalue weighted by Crippen LogP contribution is -1.94. The Labute approximate surface area is 90.3 Å². The summed E-state index contributed by atoms with van der Waals surface area (Å²) in [5.41, 5.74) is 6.45. The first-order chi connectivity index (χ1) is 7.59. The van der Waals surface area contributed by atoms with Crippen molar-refractivity contribution in [2.24, 2.45) is 0 Å². The van der Waals surface area contributed by atoms with Gasteiger partial charge >= 0.3 is 0 Å². The van der Waals surface area contributed by atoms with E-state index in [0.717, 1.165) is 6.07 Å². The van der Waals surface area contributed by atoms with E-state index in [2.05, 4.69) is 0 Å². The molecular formula is C12H8F3N. The van der Waals surface area contributed by atoms with Crippen molar-refractivity contribution in [3.05, 3.63) is 53.8 Å². The van der Waals surface area contributed by atoms with Gasteiger partial charge < -0.3 is 5.73 Å². The van der Waals surface area contributed by atoms with Crippen LogP contribution in [0, 0.1) is 17.5 Å². The third kappa shape index (κ3) is 1.74. The van der Waals surface area contributed by atoms with Crippen LogP contribution in [0.4, 0.5) is 18.9 Å². The second-order valence-corrected chi connectivity index (χ2v) is 3.34. The van der Waals surface area contributed by atoms with E-state index in [-0.39, 0.29) is 5.56 Å². The molecule has 2 rings (SSSR count). The second kappa shape index (κ2) is 3.89. The van der Waals surface area contributed by atoms with Gasteiger partial charge in [-0.2, -0.15) is 0 Å². The van der Waals surface area contributed by atoms with Gasteiger partial charge in [-0.05, 0) is 29.8 Å². The average molecular weight is 223 g/mol. The van der Waals surface area contributed by atoms with Gasteiger partial charge in [0.2, 0.25) is 0 Å². The summed E-state index contributed by atoms with van der Waals surface area (Å²) in [4.78, 5) is 0. The van der Waals surface area contributed by atoms with Crippen LogP contribution >= 0.6 is 0 Å². The summed E-state index contributed by atoms with van der Waals surface area (Å²) in [5.74, 6) is -3.85. The van der Waals surface area contributed by atoms with Crippen LogP contribution in [0.2, 0.25) is 0 Å². The number of benzene rings is 2. The Hall–Kier alpha value is -1.97. The van der Waals surface area contributed by atoms with Crippen LogP contribution in [0.15, 0.2) is 36.4 Å². The first-order valence-electron chi connectivity index (χ1n) is 4.59. The van der Waals surface area contributed by atoms with Crippen LogP contribution in [0.1, 0.15) is 0 Å². The highest BCUT2D eigenvalue weighted by atomic mass is 19.2. The van der Waals surface area contributed by atoms with Crippen LogP contribution in [-0.4, -0.2) is 0 Å². The first kappa shape index (κ1) is 10.5. The molecule has 0 atom stereocenters. The van der Waals surface area contributed by atoms with Crippen molar-refractivity contribution in [2.75, 3.05) is 5.73 Å². The molecule has 2 aromatic rings. The molecule has 0 spiro atoms. The minimum absolute atomic E-state index is 0.0129. The molecule has 1 nitrogen and oxygen atoms in total. The van der Waals surface area contributed by atoms with Crippen LogP contribution in [0.25, 0.3) is 11.1 Å². The Balaban J connectivity index is 2.57. The largest absolute Gasteiger partial charge is 0.399 e. The van der Waals surface area contributed by atoms with Gasteiger partial charge in [-0.1, -0.05) is 12.1 Å². The van der Waals surface area contributed by atoms with Gasteiger partial charge in [0, 0.05) is 11.3 Å². The van der Waals surface area contributed by atoms with Crippen molar-refractivity contribution in [1.29, 1.82) is 0 Å². The van der Waals surface area contributed by atoms with E-state index in [1.54, 1.807) is 24.3 Å². The molecule has 0 aliphatic rings. The highest BCUT2D eigenvalue weighted by Gasteiger charge is 2.14. The maximum atomic E-state index is 13.4. The molecule has 0 aromatic heterocycles. The Morgan fingerprint density at radius 1 is 0.750 bits per heavy atom. The minimum Gasteiger partial charge on any atom is -0.399 e. The number of halogens is 3. The molecule has 0 amide bonds. The molecule has 0 bridgehead atoms. The maximum absolute atomic E-state index is 13.4. The van der Waals surface area contributed by atoms with Crippen LogP contribution in [-0.2, 0) is 0 Å². The summed E-state index contributed by atoms with van der Waals surface area (Å²) >= 11 is 0. The van der Waals surface area contributed by atoms with Crippen molar-refractivity contribution in [1.82, 2.24) is 0 Å². The van der Waals surface area contributed by atoms with Crippen molar-refractivity contribution < 1.29 is 13.2 Å². The van der Waals surface area contributed by atoms with Gasteiger partial charge in [0.25, 0.3) is 0 Å². The lowest BCUT2D eigenvalue weighted by Gasteiger charge is -2.05. The summed E-state index contributed by atoms with van der Waals surface area (Å²) in [6.45, 7) is 0. The Bertz CT molecular complexity index is 521. The van der Waals surface area contributed by atoms with E-state index in [1.165, 1.54) is 6.07 Å². The monoisotopic (exact) mass is 223 g/mol. The number of anilines is 1. The quantitative estimate of drug-likeness (QED) is 0.582. The van der Waals surface area contributed by atoms with Gasteiger partial charge in [0.05, 0.1) is 0 Å². The smallest absolute Gasteiger partial charge is 0.195 e. The predicted octanol–water partition coefficient (Wildman–Crippen LogP) is 3.35. The zero-order chi connectivity index (χ0) is 11.7. The predicted molar refractivity (Wildman–Crippen MR) is 56.2 cm³/mol. The zero-order valence-corrected chi connectivity index (χ0v) is 8.18. The Morgan fingerprint density at radius 2 is 1.38 bits per heavy atom. The summed E-state index contributed by atoms with van der Waals surface area (Å²) in [5, 5.41) is 0. The molecule has 16 heavy (non-hydrogen) atoms. The van der Waals surface area contributed by atoms with E-state index in [9.17, 15) is 13.2 Å². The summed E-state index contributed by atoms with van der Waals surface area (Å²) < 4.78 is 39.1. The van der Waals surface area contributed by atoms with E-state index >= 15 is 0 Å². The highest BCUT2D eigenvalue weighted by Crippen LogP contribution is 2.26. The lowest BCUT2D eigenvalue weighted by atomic mass is 10.0. The molecular weight excluding hydrogens is 215 g/mol. The van der Waals surface area contributed by atoms with E-state index in [4.69, 9.17) is 5.73 Å². The summed E-state index contributed by atoms with van der Waals surface area (Å²) in [6, 6.07) is 8.31.